The van der Waals surface area contributed by atoms with Gasteiger partial charge in [0.25, 0.3) is 0 Å². The lowest BCUT2D eigenvalue weighted by molar-refractivity contribution is -0.120. The standard InChI is InChI=1S/C27H34N2O3S.C26H30F2N2O2S.C26H31FN2O2S.C25H30N2O2S/c1-15-10-19-20(27(4,5)9-8-26(19,2)3)14-17(15)18-11-16(13-22(31-6)23(18)32-7)12-21-24(30)29-25(33)28-21;1-13-9-16-17(26(4,5)8-7-25(16,2)3)12-15(13)20-21(28)14(10-18(27)22(20)32-6)11-19-23(31)30-24(33)29-19;1-14-9-18-19(26(4,5)8-7-25(18,2)3)13-16(14)17-10-15(11-20(27)22(17)31-6)12-21-23(30)29-24(32)28-21;1-14-10-18-19(25(4,5)9-8-24(18,2)3)13-16(14)17-11-15(6-7-21(17)28)12-20-22(29)27-23(30)26-20/h10-11,13-14,21H,8-9,12H2,1-7H3,(H2,28,29,30,33);9-10,12,19H,7-8,11H2,1-6H3,(H2,29,30,31,33);9-11,13,21H,7-8,12H2,1-6H3,(H2,28,29,30,32);6-7,10-11,13,20,28H,8-9,12H2,1-5H3,(H2,26,27,29,30). The normalized spacial score (nSPS) is 21.0. The maximum Gasteiger partial charge on any atom is 0.249 e. The number of aromatic hydroxyl groups is 1. The Labute approximate surface area is 774 Å². The number of rotatable bonds is 16. The number of fused-ring (bicyclic) bond motifs is 4. The molecule has 0 radical (unpaired) electrons. The third-order valence-corrected chi connectivity index (χ3v) is 29.3. The van der Waals surface area contributed by atoms with Crippen molar-refractivity contribution < 1.29 is 56.4 Å². The van der Waals surface area contributed by atoms with Gasteiger partial charge in [-0.05, 0) is 349 Å². The first-order valence-corrected chi connectivity index (χ1v) is 45.9. The first-order chi connectivity index (χ1) is 59.7. The van der Waals surface area contributed by atoms with Crippen LogP contribution >= 0.6 is 48.9 Å². The van der Waals surface area contributed by atoms with Crippen molar-refractivity contribution in [3.8, 4) is 73.3 Å². The Morgan fingerprint density at radius 3 is 0.938 bits per heavy atom. The molecule has 4 atom stereocenters. The van der Waals surface area contributed by atoms with E-state index in [0.717, 1.165) is 106 Å². The van der Waals surface area contributed by atoms with Gasteiger partial charge in [-0.15, -0.1) is 0 Å². The van der Waals surface area contributed by atoms with Gasteiger partial charge in [-0.3, -0.25) is 19.2 Å². The van der Waals surface area contributed by atoms with Crippen molar-refractivity contribution in [1.82, 2.24) is 42.5 Å². The highest BCUT2D eigenvalue weighted by Crippen LogP contribution is 2.55. The number of carbonyl (C=O) groups is 4. The molecule has 4 fully saturated rings. The Hall–Kier alpha value is -10.0. The van der Waals surface area contributed by atoms with Gasteiger partial charge in [0.2, 0.25) is 23.6 Å². The SMILES string of the molecule is COc1c(F)cc(CC2NC(=S)NC2=O)c(F)c1-c1cc2c(cc1C)C(C)(C)CCC2(C)C.COc1c(F)cc(CC2NC(=S)NC2=O)cc1-c1cc2c(cc1C)C(C)(C)CCC2(C)C.COc1cc(CC2NC(=S)NC2=O)cc(-c2cc3c(cc2C)C(C)(C)CCC3(C)C)c1OC.Cc1cc2c(cc1-c1cc(CC3NC(=S)NC3=O)ccc1O)C(C)(C)CCC2(C)C. The number of hydrogen-bond donors (Lipinski definition) is 9. The van der Waals surface area contributed by atoms with Crippen LogP contribution in [0, 0.1) is 45.1 Å². The van der Waals surface area contributed by atoms with Crippen LogP contribution in [0.1, 0.15) is 251 Å². The minimum absolute atomic E-state index is 0.00377. The van der Waals surface area contributed by atoms with E-state index in [2.05, 4.69) is 223 Å². The molecule has 4 unspecified atom stereocenters. The van der Waals surface area contributed by atoms with Crippen molar-refractivity contribution in [1.29, 1.82) is 0 Å². The molecule has 4 heterocycles. The number of aryl methyl sites for hydroxylation is 4. The van der Waals surface area contributed by atoms with Gasteiger partial charge in [0, 0.05) is 42.4 Å². The predicted octanol–water partition coefficient (Wildman–Crippen LogP) is 19.9. The maximum absolute atomic E-state index is 16.0. The number of nitrogens with one attached hydrogen (secondary N) is 8. The number of ether oxygens (including phenoxy) is 4. The highest BCUT2D eigenvalue weighted by molar-refractivity contribution is 7.81. The number of hydrogen-bond acceptors (Lipinski definition) is 13. The van der Waals surface area contributed by atoms with E-state index in [4.69, 9.17) is 67.8 Å². The van der Waals surface area contributed by atoms with Crippen LogP contribution in [0.25, 0.3) is 44.5 Å². The molecule has 680 valence electrons. The molecule has 17 nitrogen and oxygen atoms in total. The number of methoxy groups -OCH3 is 4. The average Bonchev–Trinajstić information content (AvgIpc) is 1.05. The van der Waals surface area contributed by atoms with E-state index in [1.807, 2.05) is 37.3 Å². The van der Waals surface area contributed by atoms with Gasteiger partial charge in [-0.1, -0.05) is 141 Å². The van der Waals surface area contributed by atoms with Gasteiger partial charge in [0.1, 0.15) is 35.7 Å². The molecule has 24 heteroatoms. The van der Waals surface area contributed by atoms with Crippen LogP contribution in [0.4, 0.5) is 13.2 Å². The topological polar surface area (TPSA) is 222 Å². The fraction of sp³-hybridized carbons (Fsp3) is 0.462. The summed E-state index contributed by atoms with van der Waals surface area (Å²) in [6.07, 6.45) is 10.3. The lowest BCUT2D eigenvalue weighted by Crippen LogP contribution is -2.34. The zero-order chi connectivity index (χ0) is 93.7. The Morgan fingerprint density at radius 1 is 0.328 bits per heavy atom. The van der Waals surface area contributed by atoms with Crippen molar-refractivity contribution in [2.75, 3.05) is 28.4 Å². The van der Waals surface area contributed by atoms with E-state index >= 15 is 13.2 Å². The predicted molar refractivity (Wildman–Crippen MR) is 521 cm³/mol. The largest absolute Gasteiger partial charge is 0.507 e. The lowest BCUT2D eigenvalue weighted by Gasteiger charge is -2.42. The maximum atomic E-state index is 16.0. The van der Waals surface area contributed by atoms with Gasteiger partial charge >= 0.3 is 0 Å². The van der Waals surface area contributed by atoms with Crippen LogP contribution in [-0.2, 0) is 88.2 Å². The number of thiocarbonyl (C=S) groups is 4. The molecule has 4 saturated heterocycles. The fourth-order valence-electron chi connectivity index (χ4n) is 20.1. The van der Waals surface area contributed by atoms with Crippen LogP contribution in [0.15, 0.2) is 97.1 Å². The van der Waals surface area contributed by atoms with Gasteiger partial charge < -0.3 is 66.6 Å². The van der Waals surface area contributed by atoms with Crippen LogP contribution in [0.5, 0.6) is 28.7 Å². The Bertz CT molecular complexity index is 5910. The lowest BCUT2D eigenvalue weighted by atomic mass is 9.62. The van der Waals surface area contributed by atoms with E-state index in [9.17, 15) is 24.3 Å². The molecule has 16 rings (SSSR count). The summed E-state index contributed by atoms with van der Waals surface area (Å²) in [5.74, 6) is -0.735. The monoisotopic (exact) mass is 1810 g/mol. The Balaban J connectivity index is 0.000000146. The van der Waals surface area contributed by atoms with Crippen molar-refractivity contribution in [3.05, 3.63) is 204 Å². The summed E-state index contributed by atoms with van der Waals surface area (Å²) >= 11 is 20.2. The average molecular weight is 1820 g/mol. The minimum atomic E-state index is -0.753. The summed E-state index contributed by atoms with van der Waals surface area (Å²) in [4.78, 5) is 48.5. The van der Waals surface area contributed by atoms with E-state index < -0.39 is 35.6 Å². The first-order valence-electron chi connectivity index (χ1n) is 44.3. The summed E-state index contributed by atoms with van der Waals surface area (Å²) in [5.41, 5.74) is 24.7. The van der Waals surface area contributed by atoms with E-state index in [1.54, 1.807) is 20.3 Å². The zero-order valence-electron chi connectivity index (χ0n) is 78.5. The quantitative estimate of drug-likeness (QED) is 0.0411. The van der Waals surface area contributed by atoms with Gasteiger partial charge in [-0.2, -0.15) is 0 Å². The number of carbonyl (C=O) groups excluding carboxylic acids is 4. The van der Waals surface area contributed by atoms with Crippen molar-refractivity contribution >= 4 is 92.9 Å². The number of phenolic OH excluding ortho intramolecular Hbond substituents is 1. The molecule has 4 aliphatic heterocycles. The molecule has 8 aliphatic rings. The van der Waals surface area contributed by atoms with Crippen molar-refractivity contribution in [3.63, 3.8) is 0 Å². The number of phenols is 1. The summed E-state index contributed by atoms with van der Waals surface area (Å²) < 4.78 is 68.6. The highest BCUT2D eigenvalue weighted by Gasteiger charge is 2.44. The summed E-state index contributed by atoms with van der Waals surface area (Å²) in [6.45, 7) is 44.9. The summed E-state index contributed by atoms with van der Waals surface area (Å²) in [6, 6.07) is 30.0. The molecule has 8 aromatic rings. The fourth-order valence-corrected chi connectivity index (χ4v) is 21.0. The van der Waals surface area contributed by atoms with Crippen LogP contribution in [0.2, 0.25) is 0 Å². The number of halogens is 3. The molecular weight excluding hydrogens is 1690 g/mol. The minimum Gasteiger partial charge on any atom is -0.507 e. The third kappa shape index (κ3) is 19.2. The molecular formula is C104H125F3N8O9S4. The summed E-state index contributed by atoms with van der Waals surface area (Å²) in [5, 5.41) is 34.1. The van der Waals surface area contributed by atoms with Gasteiger partial charge in [-0.25, -0.2) is 13.2 Å². The van der Waals surface area contributed by atoms with Gasteiger partial charge in [0.15, 0.2) is 55.1 Å². The highest BCUT2D eigenvalue weighted by atomic mass is 32.1. The molecule has 0 saturated carbocycles. The second kappa shape index (κ2) is 35.7. The molecule has 128 heavy (non-hydrogen) atoms. The second-order valence-electron chi connectivity index (χ2n) is 41.4. The Kier molecular flexibility index (Phi) is 26.7. The first kappa shape index (κ1) is 95.6. The van der Waals surface area contributed by atoms with Crippen LogP contribution in [-0.4, -0.2) is 102 Å². The van der Waals surface area contributed by atoms with E-state index in [1.165, 1.54) is 77.6 Å². The number of benzene rings is 8. The van der Waals surface area contributed by atoms with Gasteiger partial charge in [0.05, 0.1) is 34.0 Å². The van der Waals surface area contributed by atoms with Crippen molar-refractivity contribution in [2.24, 2.45) is 0 Å². The molecule has 0 bridgehead atoms. The Morgan fingerprint density at radius 2 is 0.609 bits per heavy atom. The number of amides is 4. The molecule has 4 aliphatic carbocycles. The third-order valence-electron chi connectivity index (χ3n) is 28.5. The molecule has 9 N–H and O–H groups in total. The zero-order valence-corrected chi connectivity index (χ0v) is 81.8. The molecule has 0 aromatic heterocycles. The molecule has 0 spiro atoms. The molecule has 8 aromatic carbocycles. The van der Waals surface area contributed by atoms with Crippen molar-refractivity contribution in [2.45, 2.75) is 283 Å². The molecule has 4 amide bonds. The van der Waals surface area contributed by atoms with Crippen LogP contribution in [0.3, 0.4) is 0 Å². The summed E-state index contributed by atoms with van der Waals surface area (Å²) in [7, 11) is 6.15. The van der Waals surface area contributed by atoms with Crippen LogP contribution < -0.4 is 61.5 Å². The smallest absolute Gasteiger partial charge is 0.249 e. The van der Waals surface area contributed by atoms with E-state index in [-0.39, 0.29) is 113 Å². The van der Waals surface area contributed by atoms with E-state index in [0.29, 0.717) is 62.8 Å². The second-order valence-corrected chi connectivity index (χ2v) is 43.1.